The summed E-state index contributed by atoms with van der Waals surface area (Å²) < 4.78 is 16.4. The Morgan fingerprint density at radius 3 is 2.38 bits per heavy atom. The van der Waals surface area contributed by atoms with Gasteiger partial charge < -0.3 is 24.4 Å². The van der Waals surface area contributed by atoms with Gasteiger partial charge in [0.15, 0.2) is 16.7 Å². The summed E-state index contributed by atoms with van der Waals surface area (Å²) in [6, 6.07) is 21.1. The quantitative estimate of drug-likeness (QED) is 0.189. The normalized spacial score (nSPS) is 12.5. The van der Waals surface area contributed by atoms with Crippen LogP contribution in [0.15, 0.2) is 78.0 Å². The number of hydrogen-bond donors (Lipinski definition) is 1. The summed E-state index contributed by atoms with van der Waals surface area (Å²) in [6.07, 6.45) is 0. The molecule has 9 nitrogen and oxygen atoms in total. The van der Waals surface area contributed by atoms with Crippen molar-refractivity contribution >= 4 is 29.3 Å². The molecular weight excluding hydrogens is 552 g/mol. The molecule has 42 heavy (non-hydrogen) atoms. The van der Waals surface area contributed by atoms with Crippen LogP contribution in [0, 0.1) is 20.8 Å². The van der Waals surface area contributed by atoms with Crippen LogP contribution in [-0.2, 0) is 16.1 Å². The van der Waals surface area contributed by atoms with Gasteiger partial charge in [-0.25, -0.2) is 9.97 Å². The zero-order valence-corrected chi connectivity index (χ0v) is 24.7. The maximum atomic E-state index is 14.1. The van der Waals surface area contributed by atoms with E-state index in [0.29, 0.717) is 33.7 Å². The van der Waals surface area contributed by atoms with Gasteiger partial charge in [0.1, 0.15) is 11.8 Å². The van der Waals surface area contributed by atoms with E-state index in [0.717, 1.165) is 22.5 Å². The lowest BCUT2D eigenvalue weighted by atomic mass is 10.0. The summed E-state index contributed by atoms with van der Waals surface area (Å²) in [5.74, 6) is 1.23. The molecule has 1 N–H and O–H groups in total. The first-order chi connectivity index (χ1) is 20.3. The number of methoxy groups -OCH3 is 1. The molecule has 0 unspecified atom stereocenters. The molecule has 4 aromatic rings. The molecule has 1 atom stereocenters. The van der Waals surface area contributed by atoms with Crippen LogP contribution in [0.5, 0.6) is 17.2 Å². The molecule has 0 fully saturated rings. The third-order valence-corrected chi connectivity index (χ3v) is 7.67. The molecule has 216 valence electrons. The van der Waals surface area contributed by atoms with Crippen molar-refractivity contribution in [1.82, 2.24) is 14.9 Å². The first-order valence-electron chi connectivity index (χ1n) is 13.4. The van der Waals surface area contributed by atoms with Crippen molar-refractivity contribution in [2.24, 2.45) is 0 Å². The van der Waals surface area contributed by atoms with Gasteiger partial charge in [-0.15, -0.1) is 0 Å². The smallest absolute Gasteiger partial charge is 0.251 e. The minimum atomic E-state index is -0.977. The number of fused-ring (bicyclic) bond motifs is 1. The maximum Gasteiger partial charge on any atom is 0.251 e. The van der Waals surface area contributed by atoms with Crippen LogP contribution in [-0.4, -0.2) is 46.3 Å². The Hall–Kier alpha value is -4.57. The number of hydrogen-bond acceptors (Lipinski definition) is 8. The van der Waals surface area contributed by atoms with Crippen LogP contribution in [0.1, 0.15) is 34.1 Å². The van der Waals surface area contributed by atoms with Crippen molar-refractivity contribution in [2.45, 2.75) is 38.5 Å². The summed E-state index contributed by atoms with van der Waals surface area (Å²) in [6.45, 7) is 6.09. The highest BCUT2D eigenvalue weighted by Gasteiger charge is 2.33. The summed E-state index contributed by atoms with van der Waals surface area (Å²) in [5, 5.41) is 3.51. The monoisotopic (exact) mass is 584 g/mol. The molecule has 0 saturated carbocycles. The molecule has 1 aliphatic heterocycles. The number of aryl methyl sites for hydroxylation is 3. The Morgan fingerprint density at radius 1 is 0.952 bits per heavy atom. The van der Waals surface area contributed by atoms with E-state index in [1.54, 1.807) is 54.5 Å². The number of benzene rings is 3. The first kappa shape index (κ1) is 28.9. The standard InChI is InChI=1S/C32H32N4O5S/c1-20-7-5-6-8-24(20)17-36(29(37)18-42-32-33-21(2)15-22(3)34-32)30(23-9-14-27-28(16-23)41-19-40-27)31(38)35-25-10-12-26(39-4)13-11-25/h5-16,30H,17-19H2,1-4H3,(H,35,38)/t30-/m1/s1. The molecule has 0 aliphatic carbocycles. The fourth-order valence-corrected chi connectivity index (χ4v) is 5.54. The number of carbonyl (C=O) groups is 2. The molecule has 10 heteroatoms. The Bertz CT molecular complexity index is 1570. The highest BCUT2D eigenvalue weighted by atomic mass is 32.2. The van der Waals surface area contributed by atoms with Gasteiger partial charge in [0.25, 0.3) is 5.91 Å². The highest BCUT2D eigenvalue weighted by molar-refractivity contribution is 7.99. The maximum absolute atomic E-state index is 14.1. The number of carbonyl (C=O) groups excluding carboxylic acids is 2. The fraction of sp³-hybridized carbons (Fsp3) is 0.250. The Morgan fingerprint density at radius 2 is 1.67 bits per heavy atom. The Kier molecular flexibility index (Phi) is 8.92. The molecule has 0 spiro atoms. The van der Waals surface area contributed by atoms with E-state index in [1.807, 2.05) is 51.1 Å². The first-order valence-corrected chi connectivity index (χ1v) is 14.4. The van der Waals surface area contributed by atoms with Gasteiger partial charge in [-0.05, 0) is 79.9 Å². The number of thioether (sulfide) groups is 1. The van der Waals surface area contributed by atoms with E-state index < -0.39 is 6.04 Å². The minimum absolute atomic E-state index is 0.0473. The average Bonchev–Trinajstić information content (AvgIpc) is 3.45. The summed E-state index contributed by atoms with van der Waals surface area (Å²) in [5.41, 5.74) is 4.77. The van der Waals surface area contributed by atoms with E-state index >= 15 is 0 Å². The van der Waals surface area contributed by atoms with Crippen molar-refractivity contribution in [3.05, 3.63) is 101 Å². The Labute approximate surface area is 249 Å². The number of rotatable bonds is 10. The number of nitrogens with zero attached hydrogens (tertiary/aromatic N) is 3. The van der Waals surface area contributed by atoms with Crippen molar-refractivity contribution in [3.63, 3.8) is 0 Å². The van der Waals surface area contributed by atoms with Gasteiger partial charge in [0.2, 0.25) is 12.7 Å². The van der Waals surface area contributed by atoms with Gasteiger partial charge in [0.05, 0.1) is 12.9 Å². The molecular formula is C32H32N4O5S. The number of ether oxygens (including phenoxy) is 3. The zero-order valence-electron chi connectivity index (χ0n) is 23.9. The highest BCUT2D eigenvalue weighted by Crippen LogP contribution is 2.37. The van der Waals surface area contributed by atoms with E-state index in [-0.39, 0.29) is 30.9 Å². The topological polar surface area (TPSA) is 103 Å². The van der Waals surface area contributed by atoms with Gasteiger partial charge in [-0.2, -0.15) is 0 Å². The lowest BCUT2D eigenvalue weighted by Gasteiger charge is -2.32. The largest absolute Gasteiger partial charge is 0.497 e. The molecule has 2 heterocycles. The second-order valence-corrected chi connectivity index (χ2v) is 10.8. The van der Waals surface area contributed by atoms with Gasteiger partial charge in [-0.1, -0.05) is 42.1 Å². The van der Waals surface area contributed by atoms with Crippen LogP contribution >= 0.6 is 11.8 Å². The number of anilines is 1. The van der Waals surface area contributed by atoms with E-state index in [2.05, 4.69) is 15.3 Å². The predicted molar refractivity (Wildman–Crippen MR) is 161 cm³/mol. The van der Waals surface area contributed by atoms with Gasteiger partial charge in [0, 0.05) is 23.6 Å². The lowest BCUT2D eigenvalue weighted by molar-refractivity contribution is -0.137. The van der Waals surface area contributed by atoms with Gasteiger partial charge in [-0.3, -0.25) is 9.59 Å². The second-order valence-electron chi connectivity index (χ2n) is 9.90. The van der Waals surface area contributed by atoms with Gasteiger partial charge >= 0.3 is 0 Å². The SMILES string of the molecule is COc1ccc(NC(=O)[C@@H](c2ccc3c(c2)OCO3)N(Cc2ccccc2C)C(=O)CSc2nc(C)cc(C)n2)cc1. The van der Waals surface area contributed by atoms with E-state index in [4.69, 9.17) is 14.2 Å². The predicted octanol–water partition coefficient (Wildman–Crippen LogP) is 5.64. The summed E-state index contributed by atoms with van der Waals surface area (Å²) >= 11 is 1.25. The Balaban J connectivity index is 1.52. The van der Waals surface area contributed by atoms with E-state index in [1.165, 1.54) is 11.8 Å². The van der Waals surface area contributed by atoms with Crippen molar-refractivity contribution in [3.8, 4) is 17.2 Å². The third kappa shape index (κ3) is 6.83. The zero-order chi connectivity index (χ0) is 29.6. The van der Waals surface area contributed by atoms with E-state index in [9.17, 15) is 9.59 Å². The minimum Gasteiger partial charge on any atom is -0.497 e. The summed E-state index contributed by atoms with van der Waals surface area (Å²) in [7, 11) is 1.58. The number of aromatic nitrogens is 2. The average molecular weight is 585 g/mol. The van der Waals surface area contributed by atoms with Crippen LogP contribution < -0.4 is 19.5 Å². The number of amides is 2. The molecule has 5 rings (SSSR count). The molecule has 2 amide bonds. The molecule has 3 aromatic carbocycles. The lowest BCUT2D eigenvalue weighted by Crippen LogP contribution is -2.42. The van der Waals surface area contributed by atoms with Crippen LogP contribution in [0.4, 0.5) is 5.69 Å². The molecule has 0 radical (unpaired) electrons. The van der Waals surface area contributed by atoms with Crippen molar-refractivity contribution < 1.29 is 23.8 Å². The van der Waals surface area contributed by atoms with Crippen LogP contribution in [0.3, 0.4) is 0 Å². The second kappa shape index (κ2) is 12.9. The molecule has 1 aliphatic rings. The van der Waals surface area contributed by atoms with Crippen molar-refractivity contribution in [1.29, 1.82) is 0 Å². The van der Waals surface area contributed by atoms with Crippen LogP contribution in [0.25, 0.3) is 0 Å². The number of nitrogens with one attached hydrogen (secondary N) is 1. The molecule has 0 saturated heterocycles. The van der Waals surface area contributed by atoms with Crippen LogP contribution in [0.2, 0.25) is 0 Å². The summed E-state index contributed by atoms with van der Waals surface area (Å²) in [4.78, 5) is 38.8. The third-order valence-electron chi connectivity index (χ3n) is 6.84. The molecule has 0 bridgehead atoms. The molecule has 1 aromatic heterocycles. The van der Waals surface area contributed by atoms with Crippen molar-refractivity contribution in [2.75, 3.05) is 25.0 Å². The fourth-order valence-electron chi connectivity index (χ4n) is 4.70.